The molecule has 0 bridgehead atoms. The standard InChI is InChI=1S/C20H24FN3O3/c1-13-10-16(21)6-7-17(13)23-18(25)8-5-15-4-3-9-24(11-15)20(26)19-14(2)27-12-22-19/h6-7,10,12,15H,3-5,8-9,11H2,1-2H3,(H,23,25)/t15-/m1/s1. The molecule has 144 valence electrons. The number of anilines is 1. The largest absolute Gasteiger partial charge is 0.448 e. The van der Waals surface area contributed by atoms with Crippen LogP contribution in [0.4, 0.5) is 10.1 Å². The molecule has 1 aromatic carbocycles. The van der Waals surface area contributed by atoms with Gasteiger partial charge in [-0.2, -0.15) is 0 Å². The summed E-state index contributed by atoms with van der Waals surface area (Å²) in [5.41, 5.74) is 1.68. The van der Waals surface area contributed by atoms with Gasteiger partial charge in [0.05, 0.1) is 0 Å². The van der Waals surface area contributed by atoms with E-state index < -0.39 is 0 Å². The van der Waals surface area contributed by atoms with E-state index in [-0.39, 0.29) is 23.5 Å². The molecule has 1 saturated heterocycles. The van der Waals surface area contributed by atoms with Crippen LogP contribution in [0.25, 0.3) is 0 Å². The summed E-state index contributed by atoms with van der Waals surface area (Å²) in [7, 11) is 0. The van der Waals surface area contributed by atoms with E-state index in [4.69, 9.17) is 4.42 Å². The molecular weight excluding hydrogens is 349 g/mol. The number of hydrogen-bond acceptors (Lipinski definition) is 4. The zero-order valence-corrected chi connectivity index (χ0v) is 15.6. The third-order valence-electron chi connectivity index (χ3n) is 5.00. The first-order chi connectivity index (χ1) is 12.9. The van der Waals surface area contributed by atoms with Crippen LogP contribution in [0.15, 0.2) is 29.0 Å². The van der Waals surface area contributed by atoms with Crippen LogP contribution in [-0.4, -0.2) is 34.8 Å². The van der Waals surface area contributed by atoms with Gasteiger partial charge < -0.3 is 14.6 Å². The highest BCUT2D eigenvalue weighted by Crippen LogP contribution is 2.23. The van der Waals surface area contributed by atoms with Crippen molar-refractivity contribution in [1.29, 1.82) is 0 Å². The molecule has 2 aromatic rings. The number of carbonyl (C=O) groups excluding carboxylic acids is 2. The van der Waals surface area contributed by atoms with E-state index in [0.29, 0.717) is 48.6 Å². The number of oxazole rings is 1. The van der Waals surface area contributed by atoms with Gasteiger partial charge in [-0.3, -0.25) is 9.59 Å². The maximum Gasteiger partial charge on any atom is 0.276 e. The second-order valence-electron chi connectivity index (χ2n) is 7.06. The van der Waals surface area contributed by atoms with Crippen molar-refractivity contribution in [2.75, 3.05) is 18.4 Å². The van der Waals surface area contributed by atoms with Gasteiger partial charge in [0.15, 0.2) is 12.1 Å². The third kappa shape index (κ3) is 4.72. The highest BCUT2D eigenvalue weighted by Gasteiger charge is 2.27. The van der Waals surface area contributed by atoms with Crippen molar-refractivity contribution >= 4 is 17.5 Å². The predicted octanol–water partition coefficient (Wildman–Crippen LogP) is 3.70. The Morgan fingerprint density at radius 2 is 2.19 bits per heavy atom. The molecular formula is C20H24FN3O3. The molecule has 1 aliphatic heterocycles. The average Bonchev–Trinajstić information content (AvgIpc) is 3.08. The van der Waals surface area contributed by atoms with Crippen LogP contribution < -0.4 is 5.32 Å². The van der Waals surface area contributed by atoms with Crippen LogP contribution in [0.3, 0.4) is 0 Å². The number of hydrogen-bond donors (Lipinski definition) is 1. The van der Waals surface area contributed by atoms with Gasteiger partial charge >= 0.3 is 0 Å². The minimum absolute atomic E-state index is 0.0968. The Morgan fingerprint density at radius 1 is 1.37 bits per heavy atom. The number of aryl methyl sites for hydroxylation is 2. The molecule has 0 radical (unpaired) electrons. The molecule has 27 heavy (non-hydrogen) atoms. The lowest BCUT2D eigenvalue weighted by molar-refractivity contribution is -0.116. The highest BCUT2D eigenvalue weighted by molar-refractivity contribution is 5.93. The van der Waals surface area contributed by atoms with Gasteiger partial charge in [0.2, 0.25) is 5.91 Å². The number of aromatic nitrogens is 1. The fraction of sp³-hybridized carbons (Fsp3) is 0.450. The summed E-state index contributed by atoms with van der Waals surface area (Å²) in [5, 5.41) is 2.83. The molecule has 2 amide bonds. The first kappa shape index (κ1) is 19.1. The minimum Gasteiger partial charge on any atom is -0.448 e. The summed E-state index contributed by atoms with van der Waals surface area (Å²) in [4.78, 5) is 30.6. The summed E-state index contributed by atoms with van der Waals surface area (Å²) >= 11 is 0. The molecule has 3 rings (SSSR count). The lowest BCUT2D eigenvalue weighted by atomic mass is 9.93. The molecule has 1 atom stereocenters. The van der Waals surface area contributed by atoms with Gasteiger partial charge in [0, 0.05) is 25.2 Å². The van der Waals surface area contributed by atoms with Crippen molar-refractivity contribution in [3.05, 3.63) is 47.4 Å². The number of nitrogens with one attached hydrogen (secondary N) is 1. The number of nitrogens with zero attached hydrogens (tertiary/aromatic N) is 2. The molecule has 1 N–H and O–H groups in total. The zero-order valence-electron chi connectivity index (χ0n) is 15.6. The molecule has 1 aliphatic rings. The fourth-order valence-electron chi connectivity index (χ4n) is 3.46. The number of amides is 2. The summed E-state index contributed by atoms with van der Waals surface area (Å²) in [5.74, 6) is 0.267. The summed E-state index contributed by atoms with van der Waals surface area (Å²) in [6, 6.07) is 4.30. The van der Waals surface area contributed by atoms with Crippen molar-refractivity contribution in [2.45, 2.75) is 39.5 Å². The molecule has 0 saturated carbocycles. The maximum absolute atomic E-state index is 13.1. The van der Waals surface area contributed by atoms with E-state index in [0.717, 1.165) is 12.8 Å². The Labute approximate surface area is 157 Å². The van der Waals surface area contributed by atoms with Crippen molar-refractivity contribution in [2.24, 2.45) is 5.92 Å². The van der Waals surface area contributed by atoms with Crippen LogP contribution in [-0.2, 0) is 4.79 Å². The monoisotopic (exact) mass is 373 g/mol. The molecule has 0 spiro atoms. The highest BCUT2D eigenvalue weighted by atomic mass is 19.1. The smallest absolute Gasteiger partial charge is 0.276 e. The van der Waals surface area contributed by atoms with Gasteiger partial charge in [0.25, 0.3) is 5.91 Å². The SMILES string of the molecule is Cc1cc(F)ccc1NC(=O)CC[C@H]1CCCN(C(=O)c2ncoc2C)C1. The summed E-state index contributed by atoms with van der Waals surface area (Å²) in [6.45, 7) is 4.80. The van der Waals surface area contributed by atoms with E-state index in [1.165, 1.54) is 18.5 Å². The van der Waals surface area contributed by atoms with E-state index in [1.807, 2.05) is 0 Å². The number of rotatable bonds is 5. The first-order valence-electron chi connectivity index (χ1n) is 9.19. The van der Waals surface area contributed by atoms with Gasteiger partial charge in [-0.15, -0.1) is 0 Å². The number of carbonyl (C=O) groups is 2. The second kappa shape index (κ2) is 8.33. The van der Waals surface area contributed by atoms with Gasteiger partial charge in [-0.25, -0.2) is 9.37 Å². The number of likely N-dealkylation sites (tertiary alicyclic amines) is 1. The van der Waals surface area contributed by atoms with Crippen LogP contribution in [0.1, 0.15) is 47.5 Å². The molecule has 1 aromatic heterocycles. The second-order valence-corrected chi connectivity index (χ2v) is 7.06. The van der Waals surface area contributed by atoms with Crippen LogP contribution in [0.5, 0.6) is 0 Å². The minimum atomic E-state index is -0.320. The number of benzene rings is 1. The molecule has 0 aliphatic carbocycles. The summed E-state index contributed by atoms with van der Waals surface area (Å²) in [6.07, 6.45) is 4.25. The normalized spacial score (nSPS) is 17.0. The van der Waals surface area contributed by atoms with Crippen molar-refractivity contribution < 1.29 is 18.4 Å². The van der Waals surface area contributed by atoms with Crippen molar-refractivity contribution in [1.82, 2.24) is 9.88 Å². The average molecular weight is 373 g/mol. The molecule has 0 unspecified atom stereocenters. The molecule has 6 nitrogen and oxygen atoms in total. The van der Waals surface area contributed by atoms with Crippen molar-refractivity contribution in [3.8, 4) is 0 Å². The lowest BCUT2D eigenvalue weighted by Gasteiger charge is -2.32. The van der Waals surface area contributed by atoms with Gasteiger partial charge in [0.1, 0.15) is 11.6 Å². The van der Waals surface area contributed by atoms with Crippen LogP contribution in [0.2, 0.25) is 0 Å². The number of piperidine rings is 1. The van der Waals surface area contributed by atoms with Crippen LogP contribution >= 0.6 is 0 Å². The Hall–Kier alpha value is -2.70. The third-order valence-corrected chi connectivity index (χ3v) is 5.00. The Bertz CT molecular complexity index is 834. The van der Waals surface area contributed by atoms with E-state index in [9.17, 15) is 14.0 Å². The van der Waals surface area contributed by atoms with E-state index in [1.54, 1.807) is 24.8 Å². The zero-order chi connectivity index (χ0) is 19.4. The van der Waals surface area contributed by atoms with E-state index >= 15 is 0 Å². The Balaban J connectivity index is 1.51. The summed E-state index contributed by atoms with van der Waals surface area (Å²) < 4.78 is 18.3. The Morgan fingerprint density at radius 3 is 2.89 bits per heavy atom. The first-order valence-corrected chi connectivity index (χ1v) is 9.19. The van der Waals surface area contributed by atoms with E-state index in [2.05, 4.69) is 10.3 Å². The van der Waals surface area contributed by atoms with Crippen molar-refractivity contribution in [3.63, 3.8) is 0 Å². The molecule has 2 heterocycles. The quantitative estimate of drug-likeness (QED) is 0.867. The molecule has 1 fully saturated rings. The number of halogens is 1. The Kier molecular flexibility index (Phi) is 5.88. The fourth-order valence-corrected chi connectivity index (χ4v) is 3.46. The van der Waals surface area contributed by atoms with Crippen LogP contribution in [0, 0.1) is 25.6 Å². The maximum atomic E-state index is 13.1. The lowest BCUT2D eigenvalue weighted by Crippen LogP contribution is -2.40. The molecule has 7 heteroatoms. The predicted molar refractivity (Wildman–Crippen MR) is 98.9 cm³/mol. The van der Waals surface area contributed by atoms with Gasteiger partial charge in [-0.1, -0.05) is 0 Å². The topological polar surface area (TPSA) is 75.4 Å². The van der Waals surface area contributed by atoms with Gasteiger partial charge in [-0.05, 0) is 62.8 Å².